The van der Waals surface area contributed by atoms with E-state index in [1.165, 1.54) is 0 Å². The summed E-state index contributed by atoms with van der Waals surface area (Å²) in [4.78, 5) is 14.9. The average molecular weight is 258 g/mol. The van der Waals surface area contributed by atoms with E-state index in [1.807, 2.05) is 0 Å². The van der Waals surface area contributed by atoms with Crippen molar-refractivity contribution < 1.29 is 15.0 Å². The lowest BCUT2D eigenvalue weighted by atomic mass is 10.1. The fourth-order valence-electron chi connectivity index (χ4n) is 2.61. The smallest absolute Gasteiger partial charge is 0.303 e. The van der Waals surface area contributed by atoms with Gasteiger partial charge in [-0.1, -0.05) is 6.42 Å². The number of likely N-dealkylation sites (N-methyl/N-ethyl adjacent to an activating group) is 1. The average Bonchev–Trinajstić information content (AvgIpc) is 2.57. The van der Waals surface area contributed by atoms with Gasteiger partial charge in [0.15, 0.2) is 0 Å². The second kappa shape index (κ2) is 7.71. The Balaban J connectivity index is 2.20. The molecular weight excluding hydrogens is 232 g/mol. The van der Waals surface area contributed by atoms with Gasteiger partial charge in [0, 0.05) is 25.6 Å². The van der Waals surface area contributed by atoms with E-state index >= 15 is 0 Å². The minimum Gasteiger partial charge on any atom is -0.481 e. The molecule has 0 radical (unpaired) electrons. The van der Waals surface area contributed by atoms with Gasteiger partial charge in [-0.25, -0.2) is 0 Å². The molecule has 2 N–H and O–H groups in total. The summed E-state index contributed by atoms with van der Waals surface area (Å²) in [6.45, 7) is 2.71. The van der Waals surface area contributed by atoms with Crippen LogP contribution in [0.5, 0.6) is 0 Å². The number of rotatable bonds is 8. The third kappa shape index (κ3) is 5.80. The molecule has 1 rings (SSSR count). The van der Waals surface area contributed by atoms with Gasteiger partial charge >= 0.3 is 5.97 Å². The molecule has 1 aliphatic rings. The standard InChI is InChI=1S/C13H26N2O3/c1-14(2)9-11-8-12(16)10-15(11)7-5-3-4-6-13(17)18/h11-12,16H,3-10H2,1-2H3,(H,17,18). The molecule has 1 saturated heterocycles. The fraction of sp³-hybridized carbons (Fsp3) is 0.923. The molecule has 0 saturated carbocycles. The van der Waals surface area contributed by atoms with Crippen LogP contribution in [0.15, 0.2) is 0 Å². The number of carboxylic acids is 1. The van der Waals surface area contributed by atoms with Gasteiger partial charge in [-0.3, -0.25) is 9.69 Å². The highest BCUT2D eigenvalue weighted by molar-refractivity contribution is 5.66. The van der Waals surface area contributed by atoms with Crippen molar-refractivity contribution in [3.8, 4) is 0 Å². The summed E-state index contributed by atoms with van der Waals surface area (Å²) in [5, 5.41) is 18.3. The maximum Gasteiger partial charge on any atom is 0.303 e. The summed E-state index contributed by atoms with van der Waals surface area (Å²) < 4.78 is 0. The molecule has 2 atom stereocenters. The number of nitrogens with zero attached hydrogens (tertiary/aromatic N) is 2. The van der Waals surface area contributed by atoms with E-state index in [0.717, 1.165) is 45.3 Å². The number of aliphatic hydroxyl groups excluding tert-OH is 1. The minimum absolute atomic E-state index is 0.200. The van der Waals surface area contributed by atoms with Crippen LogP contribution in [0, 0.1) is 0 Å². The van der Waals surface area contributed by atoms with E-state index in [0.29, 0.717) is 6.04 Å². The Morgan fingerprint density at radius 1 is 1.33 bits per heavy atom. The van der Waals surface area contributed by atoms with Gasteiger partial charge in [-0.05, 0) is 39.9 Å². The van der Waals surface area contributed by atoms with E-state index in [4.69, 9.17) is 5.11 Å². The first-order valence-electron chi connectivity index (χ1n) is 6.77. The summed E-state index contributed by atoms with van der Waals surface area (Å²) in [6.07, 6.45) is 3.65. The van der Waals surface area contributed by atoms with Crippen LogP contribution in [0.2, 0.25) is 0 Å². The number of aliphatic carboxylic acids is 1. The van der Waals surface area contributed by atoms with Crippen LogP contribution in [-0.2, 0) is 4.79 Å². The van der Waals surface area contributed by atoms with Gasteiger partial charge in [0.25, 0.3) is 0 Å². The van der Waals surface area contributed by atoms with Crippen LogP contribution < -0.4 is 0 Å². The molecule has 0 amide bonds. The number of β-amino-alcohol motifs (C(OH)–C–C–N with tert-alkyl or cyclic N) is 1. The molecule has 0 spiro atoms. The Labute approximate surface area is 109 Å². The molecule has 1 fully saturated rings. The second-order valence-electron chi connectivity index (χ2n) is 5.50. The molecule has 18 heavy (non-hydrogen) atoms. The number of aliphatic hydroxyl groups is 1. The third-order valence-electron chi connectivity index (χ3n) is 3.42. The van der Waals surface area contributed by atoms with Crippen LogP contribution in [0.1, 0.15) is 32.1 Å². The number of unbranched alkanes of at least 4 members (excludes halogenated alkanes) is 2. The Hall–Kier alpha value is -0.650. The van der Waals surface area contributed by atoms with Crippen molar-refractivity contribution in [1.82, 2.24) is 9.80 Å². The molecule has 5 heteroatoms. The number of carboxylic acid groups (broad SMARTS) is 1. The molecule has 5 nitrogen and oxygen atoms in total. The quantitative estimate of drug-likeness (QED) is 0.625. The second-order valence-corrected chi connectivity index (χ2v) is 5.50. The summed E-state index contributed by atoms with van der Waals surface area (Å²) in [7, 11) is 4.10. The Morgan fingerprint density at radius 3 is 2.67 bits per heavy atom. The first kappa shape index (κ1) is 15.4. The largest absolute Gasteiger partial charge is 0.481 e. The predicted molar refractivity (Wildman–Crippen MR) is 70.6 cm³/mol. The minimum atomic E-state index is -0.711. The van der Waals surface area contributed by atoms with Crippen molar-refractivity contribution in [3.05, 3.63) is 0 Å². The maximum absolute atomic E-state index is 10.4. The first-order chi connectivity index (χ1) is 8.49. The summed E-state index contributed by atoms with van der Waals surface area (Å²) in [5.74, 6) is -0.711. The molecule has 0 bridgehead atoms. The van der Waals surface area contributed by atoms with Crippen LogP contribution in [0.4, 0.5) is 0 Å². The van der Waals surface area contributed by atoms with Crippen LogP contribution in [0.3, 0.4) is 0 Å². The van der Waals surface area contributed by atoms with Gasteiger partial charge < -0.3 is 15.1 Å². The van der Waals surface area contributed by atoms with Crippen LogP contribution >= 0.6 is 0 Å². The van der Waals surface area contributed by atoms with Crippen molar-refractivity contribution in [2.75, 3.05) is 33.7 Å². The molecule has 0 aromatic heterocycles. The summed E-state index contributed by atoms with van der Waals surface area (Å²) in [5.41, 5.74) is 0. The summed E-state index contributed by atoms with van der Waals surface area (Å²) in [6, 6.07) is 0.439. The normalized spacial score (nSPS) is 24.9. The van der Waals surface area contributed by atoms with Gasteiger partial charge in [-0.2, -0.15) is 0 Å². The molecule has 0 aromatic rings. The molecule has 106 valence electrons. The maximum atomic E-state index is 10.4. The lowest BCUT2D eigenvalue weighted by molar-refractivity contribution is -0.137. The SMILES string of the molecule is CN(C)CC1CC(O)CN1CCCCCC(=O)O. The molecule has 1 aliphatic heterocycles. The highest BCUT2D eigenvalue weighted by Gasteiger charge is 2.30. The highest BCUT2D eigenvalue weighted by atomic mass is 16.4. The topological polar surface area (TPSA) is 64.0 Å². The molecule has 0 aromatic carbocycles. The fourth-order valence-corrected chi connectivity index (χ4v) is 2.61. The van der Waals surface area contributed by atoms with Crippen LogP contribution in [0.25, 0.3) is 0 Å². The zero-order valence-electron chi connectivity index (χ0n) is 11.5. The van der Waals surface area contributed by atoms with E-state index in [1.54, 1.807) is 0 Å². The lowest BCUT2D eigenvalue weighted by Crippen LogP contribution is -2.38. The zero-order valence-corrected chi connectivity index (χ0v) is 11.5. The van der Waals surface area contributed by atoms with Gasteiger partial charge in [0.05, 0.1) is 6.10 Å². The van der Waals surface area contributed by atoms with E-state index in [-0.39, 0.29) is 12.5 Å². The van der Waals surface area contributed by atoms with Crippen molar-refractivity contribution in [1.29, 1.82) is 0 Å². The van der Waals surface area contributed by atoms with Crippen molar-refractivity contribution >= 4 is 5.97 Å². The Bertz CT molecular complexity index is 259. The monoisotopic (exact) mass is 258 g/mol. The Kier molecular flexibility index (Phi) is 6.60. The zero-order chi connectivity index (χ0) is 13.5. The molecule has 2 unspecified atom stereocenters. The van der Waals surface area contributed by atoms with Gasteiger partial charge in [0.1, 0.15) is 0 Å². The van der Waals surface area contributed by atoms with E-state index < -0.39 is 5.97 Å². The predicted octanol–water partition coefficient (Wildman–Crippen LogP) is 0.628. The highest BCUT2D eigenvalue weighted by Crippen LogP contribution is 2.19. The molecule has 1 heterocycles. The number of likely N-dealkylation sites (tertiary alicyclic amines) is 1. The van der Waals surface area contributed by atoms with E-state index in [9.17, 15) is 9.90 Å². The third-order valence-corrected chi connectivity index (χ3v) is 3.42. The summed E-state index contributed by atoms with van der Waals surface area (Å²) >= 11 is 0. The lowest BCUT2D eigenvalue weighted by Gasteiger charge is -2.26. The van der Waals surface area contributed by atoms with Gasteiger partial charge in [0.2, 0.25) is 0 Å². The number of hydrogen-bond donors (Lipinski definition) is 2. The van der Waals surface area contributed by atoms with Crippen LogP contribution in [-0.4, -0.2) is 71.9 Å². The van der Waals surface area contributed by atoms with Gasteiger partial charge in [-0.15, -0.1) is 0 Å². The molecular formula is C13H26N2O3. The Morgan fingerprint density at radius 2 is 2.06 bits per heavy atom. The number of carbonyl (C=O) groups is 1. The molecule has 0 aliphatic carbocycles. The van der Waals surface area contributed by atoms with Crippen molar-refractivity contribution in [2.24, 2.45) is 0 Å². The van der Waals surface area contributed by atoms with E-state index in [2.05, 4.69) is 23.9 Å². The first-order valence-corrected chi connectivity index (χ1v) is 6.77. The number of hydrogen-bond acceptors (Lipinski definition) is 4. The van der Waals surface area contributed by atoms with Crippen molar-refractivity contribution in [3.63, 3.8) is 0 Å². The van der Waals surface area contributed by atoms with Crippen molar-refractivity contribution in [2.45, 2.75) is 44.2 Å².